The summed E-state index contributed by atoms with van der Waals surface area (Å²) in [6, 6.07) is 6.00. The van der Waals surface area contributed by atoms with Crippen molar-refractivity contribution in [2.75, 3.05) is 7.11 Å². The number of carbonyl (C=O) groups is 1. The third-order valence-corrected chi connectivity index (χ3v) is 3.22. The fourth-order valence-corrected chi connectivity index (χ4v) is 2.20. The Balaban J connectivity index is 1.83. The average Bonchev–Trinajstić information content (AvgIpc) is 3.00. The number of imidazole rings is 1. The number of aromatic nitrogens is 3. The maximum absolute atomic E-state index is 13.6. The normalized spacial score (nSPS) is 10.6. The molecule has 0 spiro atoms. The van der Waals surface area contributed by atoms with Gasteiger partial charge in [0.1, 0.15) is 11.3 Å². The molecule has 2 N–H and O–H groups in total. The summed E-state index contributed by atoms with van der Waals surface area (Å²) in [5, 5.41) is 2.72. The van der Waals surface area contributed by atoms with Gasteiger partial charge in [-0.2, -0.15) is 0 Å². The van der Waals surface area contributed by atoms with Crippen LogP contribution in [0.4, 0.5) is 4.39 Å². The van der Waals surface area contributed by atoms with Crippen LogP contribution in [-0.4, -0.2) is 28.0 Å². The molecule has 1 amide bonds. The van der Waals surface area contributed by atoms with E-state index in [4.69, 9.17) is 4.74 Å². The van der Waals surface area contributed by atoms with Crippen molar-refractivity contribution < 1.29 is 13.9 Å². The zero-order valence-corrected chi connectivity index (χ0v) is 11.8. The molecule has 0 bridgehead atoms. The first-order chi connectivity index (χ1) is 10.7. The zero-order valence-electron chi connectivity index (χ0n) is 11.8. The summed E-state index contributed by atoms with van der Waals surface area (Å²) in [5.41, 5.74) is 1.81. The molecule has 7 heteroatoms. The number of hydrogen-bond acceptors (Lipinski definition) is 4. The number of ether oxygens (including phenoxy) is 1. The van der Waals surface area contributed by atoms with Crippen molar-refractivity contribution in [3.8, 4) is 5.88 Å². The van der Waals surface area contributed by atoms with Crippen molar-refractivity contribution in [1.29, 1.82) is 0 Å². The van der Waals surface area contributed by atoms with Crippen LogP contribution in [0.1, 0.15) is 15.9 Å². The van der Waals surface area contributed by atoms with Crippen molar-refractivity contribution >= 4 is 16.9 Å². The summed E-state index contributed by atoms with van der Waals surface area (Å²) in [6.07, 6.45) is 3.02. The molecular weight excluding hydrogens is 287 g/mol. The summed E-state index contributed by atoms with van der Waals surface area (Å²) in [5.74, 6) is -0.477. The van der Waals surface area contributed by atoms with Crippen LogP contribution in [0.3, 0.4) is 0 Å². The van der Waals surface area contributed by atoms with Gasteiger partial charge in [0.2, 0.25) is 5.88 Å². The van der Waals surface area contributed by atoms with Crippen LogP contribution in [0.2, 0.25) is 0 Å². The lowest BCUT2D eigenvalue weighted by Gasteiger charge is -2.09. The maximum Gasteiger partial charge on any atom is 0.253 e. The molecule has 0 atom stereocenters. The Hall–Kier alpha value is -2.96. The largest absolute Gasteiger partial charge is 0.481 e. The monoisotopic (exact) mass is 300 g/mol. The molecule has 3 aromatic rings. The molecule has 0 aliphatic carbocycles. The second kappa shape index (κ2) is 5.80. The summed E-state index contributed by atoms with van der Waals surface area (Å²) >= 11 is 0. The van der Waals surface area contributed by atoms with E-state index in [0.717, 1.165) is 5.56 Å². The van der Waals surface area contributed by atoms with E-state index in [1.807, 2.05) is 0 Å². The zero-order chi connectivity index (χ0) is 15.5. The molecule has 0 saturated carbocycles. The summed E-state index contributed by atoms with van der Waals surface area (Å²) in [7, 11) is 1.51. The highest BCUT2D eigenvalue weighted by atomic mass is 19.1. The number of pyridine rings is 1. The Morgan fingerprint density at radius 1 is 1.41 bits per heavy atom. The average molecular weight is 300 g/mol. The number of methoxy groups -OCH3 is 1. The van der Waals surface area contributed by atoms with Gasteiger partial charge in [-0.25, -0.2) is 14.4 Å². The minimum Gasteiger partial charge on any atom is -0.481 e. The number of rotatable bonds is 4. The van der Waals surface area contributed by atoms with Crippen molar-refractivity contribution in [2.24, 2.45) is 0 Å². The van der Waals surface area contributed by atoms with Gasteiger partial charge in [0, 0.05) is 18.3 Å². The number of nitrogens with zero attached hydrogens (tertiary/aromatic N) is 2. The Morgan fingerprint density at radius 3 is 3.09 bits per heavy atom. The number of nitrogens with one attached hydrogen (secondary N) is 2. The quantitative estimate of drug-likeness (QED) is 0.772. The van der Waals surface area contributed by atoms with Crippen LogP contribution in [-0.2, 0) is 6.54 Å². The van der Waals surface area contributed by atoms with Crippen LogP contribution in [0.5, 0.6) is 5.88 Å². The van der Waals surface area contributed by atoms with Crippen LogP contribution >= 0.6 is 0 Å². The highest BCUT2D eigenvalue weighted by molar-refractivity contribution is 6.04. The molecule has 3 rings (SSSR count). The van der Waals surface area contributed by atoms with E-state index in [2.05, 4.69) is 20.3 Å². The lowest BCUT2D eigenvalue weighted by atomic mass is 10.1. The Labute approximate surface area is 125 Å². The van der Waals surface area contributed by atoms with Gasteiger partial charge in [-0.15, -0.1) is 0 Å². The highest BCUT2D eigenvalue weighted by Gasteiger charge is 2.14. The molecule has 22 heavy (non-hydrogen) atoms. The number of H-pyrrole nitrogens is 1. The molecule has 2 heterocycles. The topological polar surface area (TPSA) is 79.9 Å². The second-order valence-corrected chi connectivity index (χ2v) is 4.61. The van der Waals surface area contributed by atoms with Crippen LogP contribution in [0.25, 0.3) is 11.0 Å². The van der Waals surface area contributed by atoms with E-state index < -0.39 is 11.7 Å². The minimum atomic E-state index is -0.499. The highest BCUT2D eigenvalue weighted by Crippen LogP contribution is 2.18. The first kappa shape index (κ1) is 14.0. The summed E-state index contributed by atoms with van der Waals surface area (Å²) in [4.78, 5) is 23.2. The molecule has 0 unspecified atom stereocenters. The lowest BCUT2D eigenvalue weighted by Crippen LogP contribution is -2.23. The van der Waals surface area contributed by atoms with Gasteiger partial charge in [0.15, 0.2) is 0 Å². The number of hydrogen-bond donors (Lipinski definition) is 2. The molecule has 6 nitrogen and oxygen atoms in total. The fraction of sp³-hybridized carbons (Fsp3) is 0.133. The van der Waals surface area contributed by atoms with Crippen molar-refractivity contribution in [2.45, 2.75) is 6.54 Å². The summed E-state index contributed by atoms with van der Waals surface area (Å²) < 4.78 is 18.7. The van der Waals surface area contributed by atoms with E-state index in [9.17, 15) is 9.18 Å². The molecule has 0 saturated heterocycles. The molecule has 112 valence electrons. The van der Waals surface area contributed by atoms with Gasteiger partial charge >= 0.3 is 0 Å². The smallest absolute Gasteiger partial charge is 0.253 e. The van der Waals surface area contributed by atoms with Gasteiger partial charge in [0.25, 0.3) is 5.91 Å². The Morgan fingerprint density at radius 2 is 2.27 bits per heavy atom. The van der Waals surface area contributed by atoms with E-state index >= 15 is 0 Å². The van der Waals surface area contributed by atoms with Crippen molar-refractivity contribution in [1.82, 2.24) is 20.3 Å². The van der Waals surface area contributed by atoms with Gasteiger partial charge in [-0.05, 0) is 18.2 Å². The number of benzene rings is 1. The van der Waals surface area contributed by atoms with E-state index in [0.29, 0.717) is 16.9 Å². The minimum absolute atomic E-state index is 0.180. The first-order valence-electron chi connectivity index (χ1n) is 6.57. The molecule has 1 aromatic carbocycles. The van der Waals surface area contributed by atoms with Crippen molar-refractivity contribution in [3.05, 3.63) is 53.7 Å². The Bertz CT molecular complexity index is 831. The predicted octanol–water partition coefficient (Wildman–Crippen LogP) is 2.04. The van der Waals surface area contributed by atoms with Gasteiger partial charge in [-0.1, -0.05) is 6.07 Å². The van der Waals surface area contributed by atoms with E-state index in [1.165, 1.54) is 25.6 Å². The third kappa shape index (κ3) is 2.60. The Kier molecular flexibility index (Phi) is 3.69. The standard InChI is InChI=1S/C15H13FN4O2/c1-22-15-9(3-2-4-17-15)7-18-14(21)11-5-10(16)6-12-13(11)20-8-19-12/h2-6,8H,7H2,1H3,(H,18,21)(H,19,20). The molecule has 2 aromatic heterocycles. The maximum atomic E-state index is 13.6. The molecule has 0 fully saturated rings. The van der Waals surface area contributed by atoms with Crippen LogP contribution in [0.15, 0.2) is 36.8 Å². The number of amides is 1. The van der Waals surface area contributed by atoms with Crippen LogP contribution in [0, 0.1) is 5.82 Å². The van der Waals surface area contributed by atoms with Crippen molar-refractivity contribution in [3.63, 3.8) is 0 Å². The van der Waals surface area contributed by atoms with E-state index in [-0.39, 0.29) is 12.1 Å². The number of halogens is 1. The van der Waals surface area contributed by atoms with Crippen LogP contribution < -0.4 is 10.1 Å². The molecule has 0 aliphatic heterocycles. The van der Waals surface area contributed by atoms with E-state index in [1.54, 1.807) is 18.3 Å². The van der Waals surface area contributed by atoms with Gasteiger partial charge in [-0.3, -0.25) is 4.79 Å². The number of carbonyl (C=O) groups excluding carboxylic acids is 1. The molecule has 0 aliphatic rings. The van der Waals surface area contributed by atoms with Gasteiger partial charge in [0.05, 0.1) is 24.5 Å². The summed E-state index contributed by atoms with van der Waals surface area (Å²) in [6.45, 7) is 0.221. The number of aromatic amines is 1. The third-order valence-electron chi connectivity index (χ3n) is 3.22. The number of fused-ring (bicyclic) bond motifs is 1. The fourth-order valence-electron chi connectivity index (χ4n) is 2.20. The first-order valence-corrected chi connectivity index (χ1v) is 6.57. The second-order valence-electron chi connectivity index (χ2n) is 4.61. The molecular formula is C15H13FN4O2. The lowest BCUT2D eigenvalue weighted by molar-refractivity contribution is 0.0951. The SMILES string of the molecule is COc1ncccc1CNC(=O)c1cc(F)cc2[nH]cnc12. The predicted molar refractivity (Wildman–Crippen MR) is 78.0 cm³/mol. The molecule has 0 radical (unpaired) electrons. The van der Waals surface area contributed by atoms with Gasteiger partial charge < -0.3 is 15.0 Å².